The van der Waals surface area contributed by atoms with E-state index in [9.17, 15) is 14.4 Å². The number of amides is 3. The summed E-state index contributed by atoms with van der Waals surface area (Å²) < 4.78 is 0. The molecule has 120 valence electrons. The van der Waals surface area contributed by atoms with Gasteiger partial charge >= 0.3 is 12.0 Å². The largest absolute Gasteiger partial charge is 0.481 e. The zero-order valence-corrected chi connectivity index (χ0v) is 12.7. The number of likely N-dealkylation sites (N-methyl/N-ethyl adjacent to an activating group) is 1. The Labute approximate surface area is 125 Å². The molecular weight excluding hydrogens is 274 g/mol. The number of carboxylic acids is 1. The maximum absolute atomic E-state index is 12.0. The molecule has 7 heteroatoms. The number of likely N-dealkylation sites (tertiary alicyclic amines) is 1. The number of aliphatic carboxylic acids is 1. The van der Waals surface area contributed by atoms with Gasteiger partial charge in [0.2, 0.25) is 5.91 Å². The van der Waals surface area contributed by atoms with E-state index in [1.807, 2.05) is 13.8 Å². The minimum absolute atomic E-state index is 0.0292. The molecule has 0 aliphatic carbocycles. The average molecular weight is 299 g/mol. The van der Waals surface area contributed by atoms with Crippen molar-refractivity contribution in [1.29, 1.82) is 0 Å². The number of carbonyl (C=O) groups excluding carboxylic acids is 2. The van der Waals surface area contributed by atoms with Crippen molar-refractivity contribution >= 4 is 17.9 Å². The van der Waals surface area contributed by atoms with Gasteiger partial charge in [0, 0.05) is 26.1 Å². The Hall–Kier alpha value is -1.79. The van der Waals surface area contributed by atoms with Crippen molar-refractivity contribution in [3.8, 4) is 0 Å². The van der Waals surface area contributed by atoms with E-state index in [4.69, 9.17) is 5.11 Å². The number of rotatable bonds is 6. The molecule has 7 nitrogen and oxygen atoms in total. The van der Waals surface area contributed by atoms with Gasteiger partial charge in [0.05, 0.1) is 6.54 Å². The van der Waals surface area contributed by atoms with Crippen LogP contribution in [0, 0.1) is 11.8 Å². The van der Waals surface area contributed by atoms with Crippen LogP contribution in [0.15, 0.2) is 0 Å². The molecule has 3 N–H and O–H groups in total. The third kappa shape index (κ3) is 6.01. The predicted molar refractivity (Wildman–Crippen MR) is 77.8 cm³/mol. The van der Waals surface area contributed by atoms with Crippen LogP contribution in [-0.4, -0.2) is 54.1 Å². The van der Waals surface area contributed by atoms with Gasteiger partial charge < -0.3 is 20.6 Å². The summed E-state index contributed by atoms with van der Waals surface area (Å²) in [5.41, 5.74) is 0. The molecule has 0 aromatic carbocycles. The molecule has 1 rings (SSSR count). The van der Waals surface area contributed by atoms with Crippen molar-refractivity contribution in [3.63, 3.8) is 0 Å². The second kappa shape index (κ2) is 8.49. The molecule has 1 fully saturated rings. The molecule has 0 saturated carbocycles. The first-order valence-corrected chi connectivity index (χ1v) is 7.45. The molecule has 0 radical (unpaired) electrons. The Kier molecular flexibility index (Phi) is 6.98. The third-order valence-corrected chi connectivity index (χ3v) is 3.82. The minimum Gasteiger partial charge on any atom is -0.481 e. The zero-order chi connectivity index (χ0) is 15.8. The highest BCUT2D eigenvalue weighted by Gasteiger charge is 2.28. The zero-order valence-electron chi connectivity index (χ0n) is 12.7. The van der Waals surface area contributed by atoms with Gasteiger partial charge in [-0.2, -0.15) is 0 Å². The summed E-state index contributed by atoms with van der Waals surface area (Å²) >= 11 is 0. The van der Waals surface area contributed by atoms with Gasteiger partial charge in [0.1, 0.15) is 0 Å². The Morgan fingerprint density at radius 1 is 1.33 bits per heavy atom. The van der Waals surface area contributed by atoms with Crippen LogP contribution in [0.4, 0.5) is 4.79 Å². The molecule has 0 aromatic heterocycles. The summed E-state index contributed by atoms with van der Waals surface area (Å²) in [5, 5.41) is 14.1. The number of carbonyl (C=O) groups is 3. The minimum atomic E-state index is -0.805. The highest BCUT2D eigenvalue weighted by molar-refractivity contribution is 5.83. The van der Waals surface area contributed by atoms with Gasteiger partial charge in [-0.25, -0.2) is 4.79 Å². The molecule has 1 aliphatic heterocycles. The van der Waals surface area contributed by atoms with Gasteiger partial charge in [0.15, 0.2) is 0 Å². The van der Waals surface area contributed by atoms with Gasteiger partial charge in [-0.15, -0.1) is 0 Å². The van der Waals surface area contributed by atoms with Crippen LogP contribution in [0.3, 0.4) is 0 Å². The second-order valence-electron chi connectivity index (χ2n) is 5.54. The van der Waals surface area contributed by atoms with E-state index in [2.05, 4.69) is 10.6 Å². The topological polar surface area (TPSA) is 98.7 Å². The molecule has 2 unspecified atom stereocenters. The van der Waals surface area contributed by atoms with Crippen LogP contribution >= 0.6 is 0 Å². The van der Waals surface area contributed by atoms with Crippen LogP contribution in [0.1, 0.15) is 33.1 Å². The highest BCUT2D eigenvalue weighted by Crippen LogP contribution is 2.26. The average Bonchev–Trinajstić information content (AvgIpc) is 2.44. The molecule has 2 atom stereocenters. The van der Waals surface area contributed by atoms with Crippen molar-refractivity contribution in [2.24, 2.45) is 11.8 Å². The van der Waals surface area contributed by atoms with Crippen molar-refractivity contribution in [1.82, 2.24) is 15.5 Å². The normalized spacial score (nSPS) is 19.7. The first-order chi connectivity index (χ1) is 9.93. The van der Waals surface area contributed by atoms with E-state index in [0.29, 0.717) is 19.6 Å². The van der Waals surface area contributed by atoms with Gasteiger partial charge in [-0.05, 0) is 31.6 Å². The Bertz CT molecular complexity index is 386. The smallest absolute Gasteiger partial charge is 0.317 e. The Balaban J connectivity index is 2.42. The van der Waals surface area contributed by atoms with Crippen LogP contribution in [0.2, 0.25) is 0 Å². The summed E-state index contributed by atoms with van der Waals surface area (Å²) in [6, 6.07) is -0.256. The van der Waals surface area contributed by atoms with Gasteiger partial charge in [-0.1, -0.05) is 6.92 Å². The van der Waals surface area contributed by atoms with Crippen molar-refractivity contribution in [2.75, 3.05) is 26.2 Å². The van der Waals surface area contributed by atoms with Crippen LogP contribution in [0.5, 0.6) is 0 Å². The maximum atomic E-state index is 12.0. The maximum Gasteiger partial charge on any atom is 0.317 e. The van der Waals surface area contributed by atoms with E-state index in [1.54, 1.807) is 4.90 Å². The lowest BCUT2D eigenvalue weighted by Gasteiger charge is -2.35. The summed E-state index contributed by atoms with van der Waals surface area (Å²) in [5.74, 6) is -0.773. The van der Waals surface area contributed by atoms with E-state index in [-0.39, 0.29) is 36.7 Å². The molecule has 0 spiro atoms. The Morgan fingerprint density at radius 3 is 2.67 bits per heavy atom. The summed E-state index contributed by atoms with van der Waals surface area (Å²) in [6.07, 6.45) is 1.93. The van der Waals surface area contributed by atoms with E-state index in [1.165, 1.54) is 0 Å². The number of hydrogen-bond acceptors (Lipinski definition) is 3. The number of piperidine rings is 1. The van der Waals surface area contributed by atoms with Crippen molar-refractivity contribution in [3.05, 3.63) is 0 Å². The van der Waals surface area contributed by atoms with E-state index >= 15 is 0 Å². The third-order valence-electron chi connectivity index (χ3n) is 3.82. The fourth-order valence-corrected chi connectivity index (χ4v) is 2.63. The molecule has 1 heterocycles. The predicted octanol–water partition coefficient (Wildman–Crippen LogP) is 0.655. The summed E-state index contributed by atoms with van der Waals surface area (Å²) in [7, 11) is 0. The van der Waals surface area contributed by atoms with E-state index < -0.39 is 5.97 Å². The van der Waals surface area contributed by atoms with Gasteiger partial charge in [-0.3, -0.25) is 9.59 Å². The number of hydrogen-bond donors (Lipinski definition) is 3. The molecule has 3 amide bonds. The molecule has 0 bridgehead atoms. The molecule has 1 aliphatic rings. The monoisotopic (exact) mass is 299 g/mol. The lowest BCUT2D eigenvalue weighted by atomic mass is 9.85. The van der Waals surface area contributed by atoms with Crippen LogP contribution < -0.4 is 10.6 Å². The van der Waals surface area contributed by atoms with Gasteiger partial charge in [0.25, 0.3) is 0 Å². The van der Waals surface area contributed by atoms with Crippen molar-refractivity contribution in [2.45, 2.75) is 33.1 Å². The summed E-state index contributed by atoms with van der Waals surface area (Å²) in [4.78, 5) is 35.8. The lowest BCUT2D eigenvalue weighted by molar-refractivity contribution is -0.138. The number of nitrogens with zero attached hydrogens (tertiary/aromatic N) is 1. The quantitative estimate of drug-likeness (QED) is 0.671. The molecule has 1 saturated heterocycles. The van der Waals surface area contributed by atoms with Crippen molar-refractivity contribution < 1.29 is 19.5 Å². The van der Waals surface area contributed by atoms with Crippen LogP contribution in [0.25, 0.3) is 0 Å². The molecule has 0 aromatic rings. The fourth-order valence-electron chi connectivity index (χ4n) is 2.63. The molecule has 21 heavy (non-hydrogen) atoms. The van der Waals surface area contributed by atoms with Crippen LogP contribution in [-0.2, 0) is 9.59 Å². The fraction of sp³-hybridized carbons (Fsp3) is 0.786. The summed E-state index contributed by atoms with van der Waals surface area (Å²) in [6.45, 7) is 5.44. The number of urea groups is 1. The first kappa shape index (κ1) is 17.3. The SMILES string of the molecule is CCNC(=O)CNC(=O)N1CCCC(C(C)CC(=O)O)C1. The first-order valence-electron chi connectivity index (χ1n) is 7.45. The lowest BCUT2D eigenvalue weighted by Crippen LogP contribution is -2.49. The molecular formula is C14H25N3O4. The highest BCUT2D eigenvalue weighted by atomic mass is 16.4. The standard InChI is InChI=1S/C14H25N3O4/c1-3-15-12(18)8-16-14(21)17-6-4-5-11(9-17)10(2)7-13(19)20/h10-11H,3-9H2,1-2H3,(H,15,18)(H,16,21)(H,19,20). The van der Waals surface area contributed by atoms with E-state index in [0.717, 1.165) is 12.8 Å². The Morgan fingerprint density at radius 2 is 2.05 bits per heavy atom. The number of nitrogens with one attached hydrogen (secondary N) is 2. The second-order valence-corrected chi connectivity index (χ2v) is 5.54. The number of carboxylic acid groups (broad SMARTS) is 1.